The Morgan fingerprint density at radius 3 is 2.94 bits per heavy atom. The summed E-state index contributed by atoms with van der Waals surface area (Å²) in [5.74, 6) is 0.641. The number of hydrogen-bond acceptors (Lipinski definition) is 3. The molecular formula is C12H14BrFN4. The number of benzene rings is 1. The van der Waals surface area contributed by atoms with E-state index in [4.69, 9.17) is 5.73 Å². The lowest BCUT2D eigenvalue weighted by atomic mass is 10.2. The number of nitrogens with one attached hydrogen (secondary N) is 1. The molecule has 1 aromatic heterocycles. The number of nitrogens with two attached hydrogens (primary N) is 1. The van der Waals surface area contributed by atoms with Gasteiger partial charge in [-0.05, 0) is 22.0 Å². The number of nitrogen functional groups attached to an aromatic ring is 1. The molecule has 0 amide bonds. The smallest absolute Gasteiger partial charge is 0.139 e. The molecule has 0 fully saturated rings. The topological polar surface area (TPSA) is 55.9 Å². The van der Waals surface area contributed by atoms with Crippen LogP contribution in [0.25, 0.3) is 0 Å². The first-order chi connectivity index (χ1) is 8.58. The summed E-state index contributed by atoms with van der Waals surface area (Å²) < 4.78 is 15.7. The van der Waals surface area contributed by atoms with Crippen molar-refractivity contribution in [3.8, 4) is 0 Å². The Labute approximate surface area is 113 Å². The monoisotopic (exact) mass is 312 g/mol. The summed E-state index contributed by atoms with van der Waals surface area (Å²) in [6.07, 6.45) is 4.40. The van der Waals surface area contributed by atoms with Gasteiger partial charge in [-0.3, -0.25) is 0 Å². The van der Waals surface area contributed by atoms with Gasteiger partial charge in [0.1, 0.15) is 11.6 Å². The van der Waals surface area contributed by atoms with Crippen molar-refractivity contribution in [2.45, 2.75) is 6.42 Å². The molecule has 18 heavy (non-hydrogen) atoms. The molecule has 4 nitrogen and oxygen atoms in total. The SMILES string of the molecule is Cn1ccnc1CCNc1cc(F)c(Br)cc1N. The molecule has 0 saturated heterocycles. The maximum absolute atomic E-state index is 13.4. The van der Waals surface area contributed by atoms with Gasteiger partial charge in [-0.1, -0.05) is 0 Å². The van der Waals surface area contributed by atoms with E-state index in [0.717, 1.165) is 12.2 Å². The number of halogens is 2. The Morgan fingerprint density at radius 2 is 2.28 bits per heavy atom. The standard InChI is InChI=1S/C12H14BrFN4/c1-18-5-4-17-12(18)2-3-16-11-7-9(14)8(13)6-10(11)15/h4-7,16H,2-3,15H2,1H3. The van der Waals surface area contributed by atoms with E-state index >= 15 is 0 Å². The molecule has 6 heteroatoms. The molecule has 0 aliphatic rings. The van der Waals surface area contributed by atoms with Crippen LogP contribution in [0.5, 0.6) is 0 Å². The molecule has 0 aliphatic carbocycles. The second-order valence-corrected chi connectivity index (χ2v) is 4.84. The van der Waals surface area contributed by atoms with E-state index in [1.165, 1.54) is 6.07 Å². The molecule has 0 unspecified atom stereocenters. The van der Waals surface area contributed by atoms with Crippen molar-refractivity contribution in [3.63, 3.8) is 0 Å². The zero-order valence-electron chi connectivity index (χ0n) is 9.95. The van der Waals surface area contributed by atoms with Crippen molar-refractivity contribution in [1.82, 2.24) is 9.55 Å². The molecule has 1 heterocycles. The predicted molar refractivity (Wildman–Crippen MR) is 73.9 cm³/mol. The molecule has 0 saturated carbocycles. The molecule has 0 spiro atoms. The van der Waals surface area contributed by atoms with Crippen molar-refractivity contribution >= 4 is 27.3 Å². The van der Waals surface area contributed by atoms with Crippen molar-refractivity contribution in [3.05, 3.63) is 40.6 Å². The molecule has 2 rings (SSSR count). The average Bonchev–Trinajstić information content (AvgIpc) is 2.72. The number of nitrogens with zero attached hydrogens (tertiary/aromatic N) is 2. The third-order valence-electron chi connectivity index (χ3n) is 2.68. The Balaban J connectivity index is 1.99. The zero-order valence-corrected chi connectivity index (χ0v) is 11.5. The number of anilines is 2. The summed E-state index contributed by atoms with van der Waals surface area (Å²) >= 11 is 3.09. The summed E-state index contributed by atoms with van der Waals surface area (Å²) in [5, 5.41) is 3.11. The fraction of sp³-hybridized carbons (Fsp3) is 0.250. The van der Waals surface area contributed by atoms with Crippen molar-refractivity contribution in [2.75, 3.05) is 17.6 Å². The molecule has 96 valence electrons. The van der Waals surface area contributed by atoms with Crippen LogP contribution < -0.4 is 11.1 Å². The minimum atomic E-state index is -0.330. The van der Waals surface area contributed by atoms with Crippen molar-refractivity contribution < 1.29 is 4.39 Å². The number of aromatic nitrogens is 2. The Morgan fingerprint density at radius 1 is 1.50 bits per heavy atom. The van der Waals surface area contributed by atoms with Gasteiger partial charge in [-0.15, -0.1) is 0 Å². The van der Waals surface area contributed by atoms with Crippen LogP contribution in [0.1, 0.15) is 5.82 Å². The van der Waals surface area contributed by atoms with Gasteiger partial charge in [0.15, 0.2) is 0 Å². The summed E-state index contributed by atoms with van der Waals surface area (Å²) in [5.41, 5.74) is 6.92. The van der Waals surface area contributed by atoms with E-state index in [-0.39, 0.29) is 5.82 Å². The van der Waals surface area contributed by atoms with Crippen LogP contribution in [-0.4, -0.2) is 16.1 Å². The summed E-state index contributed by atoms with van der Waals surface area (Å²) in [7, 11) is 1.94. The molecular weight excluding hydrogens is 299 g/mol. The second kappa shape index (κ2) is 5.39. The van der Waals surface area contributed by atoms with Gasteiger partial charge in [0.2, 0.25) is 0 Å². The van der Waals surface area contributed by atoms with Crippen molar-refractivity contribution in [1.29, 1.82) is 0 Å². The van der Waals surface area contributed by atoms with E-state index in [1.807, 2.05) is 17.8 Å². The third-order valence-corrected chi connectivity index (χ3v) is 3.29. The number of rotatable bonds is 4. The van der Waals surface area contributed by atoms with Crippen LogP contribution in [0.4, 0.5) is 15.8 Å². The van der Waals surface area contributed by atoms with Gasteiger partial charge in [0.05, 0.1) is 15.8 Å². The first kappa shape index (κ1) is 12.9. The van der Waals surface area contributed by atoms with E-state index in [2.05, 4.69) is 26.2 Å². The maximum Gasteiger partial charge on any atom is 0.139 e. The third kappa shape index (κ3) is 2.81. The van der Waals surface area contributed by atoms with Crippen LogP contribution in [0.2, 0.25) is 0 Å². The summed E-state index contributed by atoms with van der Waals surface area (Å²) in [4.78, 5) is 4.21. The molecule has 1 aromatic carbocycles. The zero-order chi connectivity index (χ0) is 13.1. The maximum atomic E-state index is 13.4. The Kier molecular flexibility index (Phi) is 3.86. The van der Waals surface area contributed by atoms with E-state index in [0.29, 0.717) is 22.4 Å². The highest BCUT2D eigenvalue weighted by atomic mass is 79.9. The fourth-order valence-electron chi connectivity index (χ4n) is 1.66. The van der Waals surface area contributed by atoms with Gasteiger partial charge in [-0.25, -0.2) is 9.37 Å². The first-order valence-corrected chi connectivity index (χ1v) is 6.32. The normalized spacial score (nSPS) is 10.6. The number of aryl methyl sites for hydroxylation is 1. The summed E-state index contributed by atoms with van der Waals surface area (Å²) in [6, 6.07) is 2.94. The molecule has 2 aromatic rings. The van der Waals surface area contributed by atoms with E-state index in [9.17, 15) is 4.39 Å². The van der Waals surface area contributed by atoms with E-state index in [1.54, 1.807) is 12.3 Å². The largest absolute Gasteiger partial charge is 0.397 e. The minimum absolute atomic E-state index is 0.330. The fourth-order valence-corrected chi connectivity index (χ4v) is 2.02. The quantitative estimate of drug-likeness (QED) is 0.853. The van der Waals surface area contributed by atoms with Crippen molar-refractivity contribution in [2.24, 2.45) is 7.05 Å². The first-order valence-electron chi connectivity index (χ1n) is 5.52. The van der Waals surface area contributed by atoms with Gasteiger partial charge < -0.3 is 15.6 Å². The highest BCUT2D eigenvalue weighted by molar-refractivity contribution is 9.10. The summed E-state index contributed by atoms with van der Waals surface area (Å²) in [6.45, 7) is 0.649. The van der Waals surface area contributed by atoms with Gasteiger partial charge in [0.25, 0.3) is 0 Å². The van der Waals surface area contributed by atoms with Crippen LogP contribution in [0.15, 0.2) is 29.0 Å². The van der Waals surface area contributed by atoms with Gasteiger partial charge in [0, 0.05) is 38.5 Å². The second-order valence-electron chi connectivity index (χ2n) is 3.98. The van der Waals surface area contributed by atoms with Crippen LogP contribution in [-0.2, 0) is 13.5 Å². The molecule has 0 atom stereocenters. The Bertz CT molecular complexity index is 553. The van der Waals surface area contributed by atoms with Crippen LogP contribution in [0, 0.1) is 5.82 Å². The van der Waals surface area contributed by atoms with Crippen LogP contribution >= 0.6 is 15.9 Å². The predicted octanol–water partition coefficient (Wildman–Crippen LogP) is 2.56. The lowest BCUT2D eigenvalue weighted by molar-refractivity contribution is 0.621. The van der Waals surface area contributed by atoms with E-state index < -0.39 is 0 Å². The molecule has 0 bridgehead atoms. The van der Waals surface area contributed by atoms with Gasteiger partial charge >= 0.3 is 0 Å². The molecule has 0 aliphatic heterocycles. The highest BCUT2D eigenvalue weighted by Gasteiger charge is 2.06. The lowest BCUT2D eigenvalue weighted by Gasteiger charge is -2.10. The lowest BCUT2D eigenvalue weighted by Crippen LogP contribution is -2.10. The van der Waals surface area contributed by atoms with Crippen LogP contribution in [0.3, 0.4) is 0 Å². The highest BCUT2D eigenvalue weighted by Crippen LogP contribution is 2.26. The average molecular weight is 313 g/mol. The minimum Gasteiger partial charge on any atom is -0.397 e. The Hall–Kier alpha value is -1.56. The molecule has 0 radical (unpaired) electrons. The number of imidazole rings is 1. The number of hydrogen-bond donors (Lipinski definition) is 2. The molecule has 3 N–H and O–H groups in total. The van der Waals surface area contributed by atoms with Gasteiger partial charge in [-0.2, -0.15) is 0 Å².